The quantitative estimate of drug-likeness (QED) is 0.653. The second-order valence-electron chi connectivity index (χ2n) is 5.30. The molecule has 7 heteroatoms. The van der Waals surface area contributed by atoms with Gasteiger partial charge in [-0.2, -0.15) is 5.26 Å². The standard InChI is InChI=1S/C16H15BrN4S2/c1-9(19)5-13-14(17)15-16(23-13)12(6-10(7-18)21-15)20-8-11-3-2-4-22-11/h2-4,6,9H,5,8,19H2,1H3,(H,20,21)/t9-/m0/s1. The first kappa shape index (κ1) is 16.4. The van der Waals surface area contributed by atoms with Crippen molar-refractivity contribution in [2.24, 2.45) is 5.73 Å². The molecule has 0 aliphatic heterocycles. The summed E-state index contributed by atoms with van der Waals surface area (Å²) < 4.78 is 2.01. The number of nitrogens with one attached hydrogen (secondary N) is 1. The van der Waals surface area contributed by atoms with Gasteiger partial charge in [0.05, 0.1) is 20.4 Å². The summed E-state index contributed by atoms with van der Waals surface area (Å²) in [6.45, 7) is 2.72. The summed E-state index contributed by atoms with van der Waals surface area (Å²) in [5.41, 5.74) is 8.12. The molecule has 0 spiro atoms. The normalized spacial score (nSPS) is 12.3. The van der Waals surface area contributed by atoms with Crippen LogP contribution in [0.4, 0.5) is 5.69 Å². The number of fused-ring (bicyclic) bond motifs is 1. The third-order valence-corrected chi connectivity index (χ3v) is 6.53. The van der Waals surface area contributed by atoms with Crippen LogP contribution in [0.2, 0.25) is 0 Å². The topological polar surface area (TPSA) is 74.7 Å². The van der Waals surface area contributed by atoms with E-state index in [1.807, 2.05) is 19.1 Å². The predicted molar refractivity (Wildman–Crippen MR) is 101 cm³/mol. The third kappa shape index (κ3) is 3.56. The van der Waals surface area contributed by atoms with Gasteiger partial charge in [0.15, 0.2) is 0 Å². The van der Waals surface area contributed by atoms with E-state index in [4.69, 9.17) is 5.73 Å². The van der Waals surface area contributed by atoms with Gasteiger partial charge in [0.2, 0.25) is 0 Å². The Morgan fingerprint density at radius 2 is 2.35 bits per heavy atom. The van der Waals surface area contributed by atoms with Crippen LogP contribution >= 0.6 is 38.6 Å². The average molecular weight is 407 g/mol. The molecule has 0 aromatic carbocycles. The number of nitrogens with two attached hydrogens (primary N) is 1. The van der Waals surface area contributed by atoms with Crippen LogP contribution < -0.4 is 11.1 Å². The van der Waals surface area contributed by atoms with Gasteiger partial charge in [-0.15, -0.1) is 22.7 Å². The summed E-state index contributed by atoms with van der Waals surface area (Å²) in [6.07, 6.45) is 0.786. The van der Waals surface area contributed by atoms with Crippen LogP contribution in [0.5, 0.6) is 0 Å². The monoisotopic (exact) mass is 406 g/mol. The van der Waals surface area contributed by atoms with Gasteiger partial charge in [0, 0.05) is 22.3 Å². The van der Waals surface area contributed by atoms with Gasteiger partial charge >= 0.3 is 0 Å². The molecule has 0 saturated heterocycles. The number of thiophene rings is 2. The molecule has 4 nitrogen and oxygen atoms in total. The van der Waals surface area contributed by atoms with E-state index in [1.165, 1.54) is 4.88 Å². The van der Waals surface area contributed by atoms with Gasteiger partial charge in [-0.25, -0.2) is 4.98 Å². The summed E-state index contributed by atoms with van der Waals surface area (Å²) in [4.78, 5) is 6.86. The molecule has 3 rings (SSSR count). The molecule has 0 saturated carbocycles. The van der Waals surface area contributed by atoms with Crippen LogP contribution in [-0.4, -0.2) is 11.0 Å². The van der Waals surface area contributed by atoms with Crippen molar-refractivity contribution < 1.29 is 0 Å². The van der Waals surface area contributed by atoms with Crippen molar-refractivity contribution in [2.75, 3.05) is 5.32 Å². The van der Waals surface area contributed by atoms with Crippen LogP contribution in [-0.2, 0) is 13.0 Å². The first-order valence-corrected chi connectivity index (χ1v) is 9.61. The number of nitrogens with zero attached hydrogens (tertiary/aromatic N) is 2. The SMILES string of the molecule is C[C@H](N)Cc1sc2c(NCc3cccs3)cc(C#N)nc2c1Br. The predicted octanol–water partition coefficient (Wildman–Crippen LogP) is 4.49. The van der Waals surface area contributed by atoms with Crippen LogP contribution in [0.15, 0.2) is 28.1 Å². The van der Waals surface area contributed by atoms with Crippen molar-refractivity contribution in [1.29, 1.82) is 5.26 Å². The molecule has 3 aromatic heterocycles. The van der Waals surface area contributed by atoms with Gasteiger partial charge < -0.3 is 11.1 Å². The Morgan fingerprint density at radius 1 is 1.52 bits per heavy atom. The molecule has 0 bridgehead atoms. The first-order valence-electron chi connectivity index (χ1n) is 7.12. The molecule has 0 radical (unpaired) electrons. The highest BCUT2D eigenvalue weighted by Crippen LogP contribution is 2.39. The zero-order chi connectivity index (χ0) is 16.4. The van der Waals surface area contributed by atoms with E-state index in [0.29, 0.717) is 5.69 Å². The van der Waals surface area contributed by atoms with Crippen LogP contribution in [0.25, 0.3) is 10.2 Å². The molecular formula is C16H15BrN4S2. The van der Waals surface area contributed by atoms with Gasteiger partial charge in [0.1, 0.15) is 11.8 Å². The molecule has 3 aromatic rings. The molecule has 23 heavy (non-hydrogen) atoms. The highest BCUT2D eigenvalue weighted by Gasteiger charge is 2.17. The van der Waals surface area contributed by atoms with Gasteiger partial charge in [-0.05, 0) is 46.8 Å². The summed E-state index contributed by atoms with van der Waals surface area (Å²) in [5.74, 6) is 0. The van der Waals surface area contributed by atoms with Gasteiger partial charge in [-0.1, -0.05) is 6.07 Å². The number of pyridine rings is 1. The van der Waals surface area contributed by atoms with E-state index in [2.05, 4.69) is 43.7 Å². The lowest BCUT2D eigenvalue weighted by Crippen LogP contribution is -2.17. The lowest BCUT2D eigenvalue weighted by molar-refractivity contribution is 0.745. The maximum absolute atomic E-state index is 9.25. The summed E-state index contributed by atoms with van der Waals surface area (Å²) in [7, 11) is 0. The number of hydrogen-bond donors (Lipinski definition) is 2. The number of rotatable bonds is 5. The van der Waals surface area contributed by atoms with E-state index in [-0.39, 0.29) is 6.04 Å². The maximum Gasteiger partial charge on any atom is 0.143 e. The second-order valence-corrected chi connectivity index (χ2v) is 8.23. The zero-order valence-corrected chi connectivity index (χ0v) is 15.7. The first-order chi connectivity index (χ1) is 11.1. The van der Waals surface area contributed by atoms with E-state index in [0.717, 1.165) is 38.2 Å². The molecule has 3 heterocycles. The highest BCUT2D eigenvalue weighted by molar-refractivity contribution is 9.10. The smallest absolute Gasteiger partial charge is 0.143 e. The Bertz CT molecular complexity index is 862. The van der Waals surface area contributed by atoms with Crippen molar-refractivity contribution in [1.82, 2.24) is 4.98 Å². The van der Waals surface area contributed by atoms with Crippen molar-refractivity contribution >= 4 is 54.5 Å². The highest BCUT2D eigenvalue weighted by atomic mass is 79.9. The molecule has 3 N–H and O–H groups in total. The van der Waals surface area contributed by atoms with Crippen LogP contribution in [0.3, 0.4) is 0 Å². The largest absolute Gasteiger partial charge is 0.379 e. The Kier molecular flexibility index (Phi) is 4.97. The Hall–Kier alpha value is -1.46. The van der Waals surface area contributed by atoms with Gasteiger partial charge in [-0.3, -0.25) is 0 Å². The van der Waals surface area contributed by atoms with Crippen LogP contribution in [0.1, 0.15) is 22.4 Å². The molecule has 0 fully saturated rings. The minimum Gasteiger partial charge on any atom is -0.379 e. The second kappa shape index (κ2) is 6.97. The Labute approximate surface area is 151 Å². The summed E-state index contributed by atoms with van der Waals surface area (Å²) in [5, 5.41) is 14.7. The van der Waals surface area contributed by atoms with Crippen molar-refractivity contribution in [3.63, 3.8) is 0 Å². The van der Waals surface area contributed by atoms with E-state index in [9.17, 15) is 5.26 Å². The summed E-state index contributed by atoms with van der Waals surface area (Å²) in [6, 6.07) is 8.16. The number of nitriles is 1. The number of anilines is 1. The molecule has 118 valence electrons. The minimum atomic E-state index is 0.0809. The van der Waals surface area contributed by atoms with E-state index in [1.54, 1.807) is 22.7 Å². The maximum atomic E-state index is 9.25. The fraction of sp³-hybridized carbons (Fsp3) is 0.250. The Balaban J connectivity index is 2.02. The van der Waals surface area contributed by atoms with Crippen molar-refractivity contribution in [2.45, 2.75) is 25.9 Å². The lowest BCUT2D eigenvalue weighted by atomic mass is 10.2. The summed E-state index contributed by atoms with van der Waals surface area (Å²) >= 11 is 7.01. The average Bonchev–Trinajstić information content (AvgIpc) is 3.14. The molecular weight excluding hydrogens is 392 g/mol. The van der Waals surface area contributed by atoms with Crippen molar-refractivity contribution in [3.05, 3.63) is 43.5 Å². The zero-order valence-electron chi connectivity index (χ0n) is 12.5. The van der Waals surface area contributed by atoms with E-state index >= 15 is 0 Å². The molecule has 0 amide bonds. The molecule has 1 atom stereocenters. The molecule has 0 aliphatic rings. The Morgan fingerprint density at radius 3 is 3.00 bits per heavy atom. The third-order valence-electron chi connectivity index (χ3n) is 3.31. The van der Waals surface area contributed by atoms with E-state index < -0.39 is 0 Å². The van der Waals surface area contributed by atoms with Crippen molar-refractivity contribution in [3.8, 4) is 6.07 Å². The molecule has 0 unspecified atom stereocenters. The number of hydrogen-bond acceptors (Lipinski definition) is 6. The van der Waals surface area contributed by atoms with Crippen LogP contribution in [0, 0.1) is 11.3 Å². The number of aromatic nitrogens is 1. The minimum absolute atomic E-state index is 0.0809. The fourth-order valence-corrected chi connectivity index (χ4v) is 5.02. The van der Waals surface area contributed by atoms with Gasteiger partial charge in [0.25, 0.3) is 0 Å². The fourth-order valence-electron chi connectivity index (χ4n) is 2.29. The number of halogens is 1. The molecule has 0 aliphatic carbocycles. The lowest BCUT2D eigenvalue weighted by Gasteiger charge is -2.06.